The van der Waals surface area contributed by atoms with Gasteiger partial charge in [-0.1, -0.05) is 6.07 Å². The number of nitrogens with one attached hydrogen (secondary N) is 1. The average Bonchev–Trinajstić information content (AvgIpc) is 2.90. The van der Waals surface area contributed by atoms with Gasteiger partial charge in [-0.15, -0.1) is 0 Å². The van der Waals surface area contributed by atoms with E-state index in [9.17, 15) is 13.2 Å². The highest BCUT2D eigenvalue weighted by molar-refractivity contribution is 7.92. The van der Waals surface area contributed by atoms with Gasteiger partial charge in [-0.2, -0.15) is 0 Å². The van der Waals surface area contributed by atoms with Crippen LogP contribution in [-0.4, -0.2) is 54.3 Å². The number of methoxy groups -OCH3 is 2. The zero-order chi connectivity index (χ0) is 25.7. The van der Waals surface area contributed by atoms with Crippen LogP contribution in [0.15, 0.2) is 71.6 Å². The van der Waals surface area contributed by atoms with Crippen molar-refractivity contribution < 1.29 is 32.2 Å². The Bertz CT molecular complexity index is 1310. The molecule has 1 atom stereocenters. The van der Waals surface area contributed by atoms with Crippen LogP contribution < -0.4 is 28.6 Å². The van der Waals surface area contributed by atoms with Crippen molar-refractivity contribution in [2.45, 2.75) is 17.9 Å². The second kappa shape index (κ2) is 10.8. The van der Waals surface area contributed by atoms with E-state index >= 15 is 0 Å². The zero-order valence-electron chi connectivity index (χ0n) is 20.3. The second-order valence-electron chi connectivity index (χ2n) is 8.10. The molecule has 1 heterocycles. The van der Waals surface area contributed by atoms with Crippen LogP contribution in [-0.2, 0) is 14.8 Å². The fourth-order valence-electron chi connectivity index (χ4n) is 3.73. The standard InChI is InChI=1S/C26H28N2O7S/c1-18-4-13-24-23(16-18)28(36(30,31)22-11-9-20(33-3)10-12-22)17-25(35-24)26(29)27-14-15-34-21-7-5-19(32-2)6-8-21/h4-13,16,25H,14-15,17H2,1-3H3,(H,27,29)/t25-/m0/s1. The molecule has 1 aliphatic rings. The summed E-state index contributed by atoms with van der Waals surface area (Å²) in [5.41, 5.74) is 1.25. The van der Waals surface area contributed by atoms with E-state index in [1.807, 2.05) is 6.92 Å². The van der Waals surface area contributed by atoms with Crippen molar-refractivity contribution in [3.63, 3.8) is 0 Å². The number of rotatable bonds is 9. The molecular formula is C26H28N2O7S. The van der Waals surface area contributed by atoms with Gasteiger partial charge in [0.25, 0.3) is 15.9 Å². The van der Waals surface area contributed by atoms with Gasteiger partial charge in [-0.3, -0.25) is 9.10 Å². The third-order valence-corrected chi connectivity index (χ3v) is 7.45. The quantitative estimate of drug-likeness (QED) is 0.439. The molecule has 0 radical (unpaired) electrons. The monoisotopic (exact) mass is 512 g/mol. The van der Waals surface area contributed by atoms with Gasteiger partial charge in [-0.05, 0) is 73.2 Å². The smallest absolute Gasteiger partial charge is 0.264 e. The summed E-state index contributed by atoms with van der Waals surface area (Å²) in [6.45, 7) is 2.14. The van der Waals surface area contributed by atoms with Gasteiger partial charge >= 0.3 is 0 Å². The highest BCUT2D eigenvalue weighted by Crippen LogP contribution is 2.38. The minimum absolute atomic E-state index is 0.0877. The number of aryl methyl sites for hydroxylation is 1. The van der Waals surface area contributed by atoms with Gasteiger partial charge < -0.3 is 24.3 Å². The van der Waals surface area contributed by atoms with Crippen LogP contribution in [0.4, 0.5) is 5.69 Å². The van der Waals surface area contributed by atoms with Gasteiger partial charge in [0.05, 0.1) is 37.9 Å². The number of anilines is 1. The number of fused-ring (bicyclic) bond motifs is 1. The SMILES string of the molecule is COc1ccc(OCCNC(=O)[C@@H]2CN(S(=O)(=O)c3ccc(OC)cc3)c3cc(C)ccc3O2)cc1. The van der Waals surface area contributed by atoms with Crippen LogP contribution in [0.2, 0.25) is 0 Å². The molecule has 0 aliphatic carbocycles. The summed E-state index contributed by atoms with van der Waals surface area (Å²) < 4.78 is 50.1. The molecule has 4 rings (SSSR count). The summed E-state index contributed by atoms with van der Waals surface area (Å²) in [5, 5.41) is 2.76. The van der Waals surface area contributed by atoms with Crippen molar-refractivity contribution in [1.29, 1.82) is 0 Å². The topological polar surface area (TPSA) is 103 Å². The molecule has 0 fully saturated rings. The van der Waals surface area contributed by atoms with Crippen molar-refractivity contribution in [2.24, 2.45) is 0 Å². The predicted molar refractivity (Wildman–Crippen MR) is 135 cm³/mol. The van der Waals surface area contributed by atoms with Crippen molar-refractivity contribution in [3.05, 3.63) is 72.3 Å². The van der Waals surface area contributed by atoms with Crippen molar-refractivity contribution in [1.82, 2.24) is 5.32 Å². The molecule has 9 nitrogen and oxygen atoms in total. The van der Waals surface area contributed by atoms with Crippen LogP contribution in [0.3, 0.4) is 0 Å². The molecule has 10 heteroatoms. The number of nitrogens with zero attached hydrogens (tertiary/aromatic N) is 1. The summed E-state index contributed by atoms with van der Waals surface area (Å²) in [7, 11) is -0.873. The number of hydrogen-bond donors (Lipinski definition) is 1. The number of benzene rings is 3. The highest BCUT2D eigenvalue weighted by atomic mass is 32.2. The molecule has 0 spiro atoms. The van der Waals surface area contributed by atoms with Gasteiger partial charge in [-0.25, -0.2) is 8.42 Å². The number of hydrogen-bond acceptors (Lipinski definition) is 7. The Morgan fingerprint density at radius 2 is 1.58 bits per heavy atom. The molecule has 0 bridgehead atoms. The van der Waals surface area contributed by atoms with Crippen LogP contribution in [0.1, 0.15) is 5.56 Å². The Morgan fingerprint density at radius 3 is 2.22 bits per heavy atom. The Balaban J connectivity index is 1.46. The van der Waals surface area contributed by atoms with Gasteiger partial charge in [0.1, 0.15) is 29.6 Å². The summed E-state index contributed by atoms with van der Waals surface area (Å²) in [6, 6.07) is 18.4. The van der Waals surface area contributed by atoms with E-state index < -0.39 is 22.0 Å². The van der Waals surface area contributed by atoms with Crippen LogP contribution in [0, 0.1) is 6.92 Å². The maximum atomic E-state index is 13.6. The molecule has 1 N–H and O–H groups in total. The summed E-state index contributed by atoms with van der Waals surface area (Å²) in [5.74, 6) is 1.78. The normalized spacial score (nSPS) is 14.9. The predicted octanol–water partition coefficient (Wildman–Crippen LogP) is 3.16. The fourth-order valence-corrected chi connectivity index (χ4v) is 5.20. The molecule has 0 aromatic heterocycles. The van der Waals surface area contributed by atoms with E-state index in [1.54, 1.807) is 61.7 Å². The molecule has 0 unspecified atom stereocenters. The summed E-state index contributed by atoms with van der Waals surface area (Å²) >= 11 is 0. The molecule has 3 aromatic carbocycles. The number of ether oxygens (including phenoxy) is 4. The van der Waals surface area contributed by atoms with E-state index in [0.717, 1.165) is 11.3 Å². The molecule has 0 saturated carbocycles. The average molecular weight is 513 g/mol. The lowest BCUT2D eigenvalue weighted by molar-refractivity contribution is -0.127. The lowest BCUT2D eigenvalue weighted by atomic mass is 10.1. The van der Waals surface area contributed by atoms with Gasteiger partial charge in [0.15, 0.2) is 6.10 Å². The van der Waals surface area contributed by atoms with E-state index in [1.165, 1.54) is 23.5 Å². The lowest BCUT2D eigenvalue weighted by Gasteiger charge is -2.35. The maximum absolute atomic E-state index is 13.6. The first kappa shape index (κ1) is 25.2. The molecular weight excluding hydrogens is 484 g/mol. The first-order valence-electron chi connectivity index (χ1n) is 11.3. The number of carbonyl (C=O) groups is 1. The van der Waals surface area contributed by atoms with Crippen molar-refractivity contribution >= 4 is 21.6 Å². The van der Waals surface area contributed by atoms with Crippen LogP contribution >= 0.6 is 0 Å². The molecule has 3 aromatic rings. The lowest BCUT2D eigenvalue weighted by Crippen LogP contribution is -2.51. The molecule has 36 heavy (non-hydrogen) atoms. The minimum atomic E-state index is -3.97. The molecule has 1 amide bonds. The first-order chi connectivity index (χ1) is 17.3. The minimum Gasteiger partial charge on any atom is -0.497 e. The number of amides is 1. The maximum Gasteiger partial charge on any atom is 0.264 e. The molecule has 0 saturated heterocycles. The van der Waals surface area contributed by atoms with Crippen molar-refractivity contribution in [2.75, 3.05) is 38.2 Å². The third kappa shape index (κ3) is 5.49. The Kier molecular flexibility index (Phi) is 7.54. The van der Waals surface area contributed by atoms with Crippen LogP contribution in [0.25, 0.3) is 0 Å². The van der Waals surface area contributed by atoms with Gasteiger partial charge in [0.2, 0.25) is 0 Å². The summed E-state index contributed by atoms with van der Waals surface area (Å²) in [4.78, 5) is 13.0. The Hall–Kier alpha value is -3.92. The number of carbonyl (C=O) groups excluding carboxylic acids is 1. The first-order valence-corrected chi connectivity index (χ1v) is 12.7. The second-order valence-corrected chi connectivity index (χ2v) is 9.97. The fraction of sp³-hybridized carbons (Fsp3) is 0.269. The van der Waals surface area contributed by atoms with E-state index in [4.69, 9.17) is 18.9 Å². The van der Waals surface area contributed by atoms with E-state index in [0.29, 0.717) is 22.9 Å². The van der Waals surface area contributed by atoms with Gasteiger partial charge in [0, 0.05) is 0 Å². The molecule has 1 aliphatic heterocycles. The highest BCUT2D eigenvalue weighted by Gasteiger charge is 2.37. The number of sulfonamides is 1. The third-order valence-electron chi connectivity index (χ3n) is 5.65. The van der Waals surface area contributed by atoms with E-state index in [-0.39, 0.29) is 24.6 Å². The zero-order valence-corrected chi connectivity index (χ0v) is 21.1. The van der Waals surface area contributed by atoms with Crippen molar-refractivity contribution in [3.8, 4) is 23.0 Å². The Labute approximate surface area is 210 Å². The van der Waals surface area contributed by atoms with Crippen LogP contribution in [0.5, 0.6) is 23.0 Å². The largest absolute Gasteiger partial charge is 0.497 e. The summed E-state index contributed by atoms with van der Waals surface area (Å²) in [6.07, 6.45) is -1.03. The van der Waals surface area contributed by atoms with E-state index in [2.05, 4.69) is 5.32 Å². The Morgan fingerprint density at radius 1 is 0.972 bits per heavy atom. The molecule has 190 valence electrons.